The van der Waals surface area contributed by atoms with Crippen molar-refractivity contribution in [2.45, 2.75) is 26.2 Å². The fraction of sp³-hybridized carbons (Fsp3) is 0.467. The van der Waals surface area contributed by atoms with Gasteiger partial charge in [0, 0.05) is 13.1 Å². The number of amides is 2. The van der Waals surface area contributed by atoms with Crippen LogP contribution in [0.1, 0.15) is 36.5 Å². The molecule has 0 atom stereocenters. The normalized spacial score (nSPS) is 15.8. The molecule has 0 aliphatic carbocycles. The van der Waals surface area contributed by atoms with Crippen LogP contribution in [0, 0.1) is 5.92 Å². The van der Waals surface area contributed by atoms with Crippen molar-refractivity contribution >= 4 is 17.7 Å². The zero-order valence-electron chi connectivity index (χ0n) is 12.0. The van der Waals surface area contributed by atoms with Gasteiger partial charge in [0.05, 0.1) is 11.3 Å². The number of hydrogen-bond acceptors (Lipinski definition) is 3. The number of benzene rings is 1. The summed E-state index contributed by atoms with van der Waals surface area (Å²) in [6, 6.07) is 3.61. The van der Waals surface area contributed by atoms with E-state index in [1.54, 1.807) is 4.90 Å². The van der Waals surface area contributed by atoms with E-state index in [1.165, 1.54) is 12.1 Å². The molecular formula is C15H20N2O4. The number of carboxylic acids is 1. The molecule has 1 fully saturated rings. The molecule has 2 amide bonds. The Hall–Kier alpha value is -2.24. The molecule has 1 aromatic carbocycles. The number of aromatic hydroxyl groups is 1. The number of carbonyl (C=O) groups excluding carboxylic acids is 1. The predicted molar refractivity (Wildman–Crippen MR) is 78.7 cm³/mol. The molecule has 1 aliphatic rings. The number of nitrogens with one attached hydrogen (secondary N) is 1. The molecule has 0 saturated carbocycles. The Morgan fingerprint density at radius 2 is 2.00 bits per heavy atom. The standard InChI is InChI=1S/C15H20N2O4/c1-2-10-5-7-17(8-6-10)15(21)16-12-4-3-11(14(19)20)9-13(12)18/h3-4,9-10,18H,2,5-8H2,1H3,(H,16,21)(H,19,20). The van der Waals surface area contributed by atoms with Gasteiger partial charge in [-0.25, -0.2) is 9.59 Å². The lowest BCUT2D eigenvalue weighted by Crippen LogP contribution is -2.40. The van der Waals surface area contributed by atoms with Gasteiger partial charge in [-0.15, -0.1) is 0 Å². The predicted octanol–water partition coefficient (Wildman–Crippen LogP) is 2.74. The highest BCUT2D eigenvalue weighted by molar-refractivity contribution is 5.93. The molecule has 1 saturated heterocycles. The van der Waals surface area contributed by atoms with Gasteiger partial charge in [0.1, 0.15) is 5.75 Å². The van der Waals surface area contributed by atoms with Crippen molar-refractivity contribution in [3.63, 3.8) is 0 Å². The van der Waals surface area contributed by atoms with Gasteiger partial charge >= 0.3 is 12.0 Å². The minimum absolute atomic E-state index is 0.0192. The van der Waals surface area contributed by atoms with Crippen LogP contribution in [-0.2, 0) is 0 Å². The van der Waals surface area contributed by atoms with Gasteiger partial charge in [-0.1, -0.05) is 13.3 Å². The monoisotopic (exact) mass is 292 g/mol. The number of carboxylic acid groups (broad SMARTS) is 1. The molecule has 0 aromatic heterocycles. The highest BCUT2D eigenvalue weighted by Gasteiger charge is 2.22. The van der Waals surface area contributed by atoms with E-state index < -0.39 is 5.97 Å². The minimum Gasteiger partial charge on any atom is -0.506 e. The quantitative estimate of drug-likeness (QED) is 0.747. The Bertz CT molecular complexity index is 536. The smallest absolute Gasteiger partial charge is 0.335 e. The summed E-state index contributed by atoms with van der Waals surface area (Å²) in [5.41, 5.74) is 0.205. The average Bonchev–Trinajstić information content (AvgIpc) is 2.49. The molecule has 1 aromatic rings. The number of rotatable bonds is 3. The first-order valence-electron chi connectivity index (χ1n) is 7.13. The minimum atomic E-state index is -1.12. The number of urea groups is 1. The topological polar surface area (TPSA) is 89.9 Å². The number of anilines is 1. The van der Waals surface area contributed by atoms with Gasteiger partial charge in [0.15, 0.2) is 0 Å². The van der Waals surface area contributed by atoms with E-state index in [2.05, 4.69) is 12.2 Å². The fourth-order valence-corrected chi connectivity index (χ4v) is 2.51. The van der Waals surface area contributed by atoms with Gasteiger partial charge in [-0.3, -0.25) is 0 Å². The van der Waals surface area contributed by atoms with Gasteiger partial charge in [0.25, 0.3) is 0 Å². The molecule has 0 unspecified atom stereocenters. The SMILES string of the molecule is CCC1CCN(C(=O)Nc2ccc(C(=O)O)cc2O)CC1. The third-order valence-corrected chi connectivity index (χ3v) is 3.97. The third kappa shape index (κ3) is 3.65. The number of phenolic OH excluding ortho intramolecular Hbond substituents is 1. The maximum absolute atomic E-state index is 12.1. The second-order valence-corrected chi connectivity index (χ2v) is 5.31. The summed E-state index contributed by atoms with van der Waals surface area (Å²) in [6.45, 7) is 3.57. The maximum atomic E-state index is 12.1. The molecule has 2 rings (SSSR count). The summed E-state index contributed by atoms with van der Waals surface area (Å²) in [5, 5.41) is 21.2. The summed E-state index contributed by atoms with van der Waals surface area (Å²) in [7, 11) is 0. The Kier molecular flexibility index (Phi) is 4.67. The van der Waals surface area contributed by atoms with E-state index in [4.69, 9.17) is 5.11 Å². The van der Waals surface area contributed by atoms with Gasteiger partial charge in [-0.05, 0) is 37.0 Å². The summed E-state index contributed by atoms with van der Waals surface area (Å²) in [4.78, 5) is 24.6. The van der Waals surface area contributed by atoms with Crippen molar-refractivity contribution in [1.29, 1.82) is 0 Å². The first-order chi connectivity index (χ1) is 10.0. The molecule has 6 heteroatoms. The highest BCUT2D eigenvalue weighted by Crippen LogP contribution is 2.26. The molecule has 0 radical (unpaired) electrons. The molecule has 114 valence electrons. The van der Waals surface area contributed by atoms with Gasteiger partial charge < -0.3 is 20.4 Å². The fourth-order valence-electron chi connectivity index (χ4n) is 2.51. The second-order valence-electron chi connectivity index (χ2n) is 5.31. The molecule has 6 nitrogen and oxygen atoms in total. The van der Waals surface area contributed by atoms with E-state index in [0.717, 1.165) is 25.3 Å². The van der Waals surface area contributed by atoms with Gasteiger partial charge in [0.2, 0.25) is 0 Å². The average molecular weight is 292 g/mol. The summed E-state index contributed by atoms with van der Waals surface area (Å²) in [6.07, 6.45) is 3.12. The lowest BCUT2D eigenvalue weighted by Gasteiger charge is -2.31. The number of piperidine rings is 1. The molecule has 0 bridgehead atoms. The Morgan fingerprint density at radius 1 is 1.33 bits per heavy atom. The Morgan fingerprint density at radius 3 is 2.52 bits per heavy atom. The second kappa shape index (κ2) is 6.47. The van der Waals surface area contributed by atoms with Crippen molar-refractivity contribution in [3.05, 3.63) is 23.8 Å². The summed E-state index contributed by atoms with van der Waals surface area (Å²) in [5.74, 6) is -0.686. The largest absolute Gasteiger partial charge is 0.506 e. The highest BCUT2D eigenvalue weighted by atomic mass is 16.4. The van der Waals surface area contributed by atoms with Crippen molar-refractivity contribution in [2.24, 2.45) is 5.92 Å². The number of likely N-dealkylation sites (tertiary alicyclic amines) is 1. The van der Waals surface area contributed by atoms with Crippen LogP contribution in [-0.4, -0.2) is 40.2 Å². The van der Waals surface area contributed by atoms with E-state index >= 15 is 0 Å². The van der Waals surface area contributed by atoms with Crippen LogP contribution >= 0.6 is 0 Å². The van der Waals surface area contributed by atoms with Crippen LogP contribution in [0.25, 0.3) is 0 Å². The zero-order valence-corrected chi connectivity index (χ0v) is 12.0. The van der Waals surface area contributed by atoms with Crippen molar-refractivity contribution < 1.29 is 19.8 Å². The lowest BCUT2D eigenvalue weighted by atomic mass is 9.95. The van der Waals surface area contributed by atoms with Crippen LogP contribution in [0.3, 0.4) is 0 Å². The molecule has 3 N–H and O–H groups in total. The number of hydrogen-bond donors (Lipinski definition) is 3. The van der Waals surface area contributed by atoms with Crippen molar-refractivity contribution in [1.82, 2.24) is 4.90 Å². The Labute approximate surface area is 123 Å². The number of nitrogens with zero attached hydrogens (tertiary/aromatic N) is 1. The molecule has 1 heterocycles. The van der Waals surface area contributed by atoms with Crippen molar-refractivity contribution in [3.8, 4) is 5.75 Å². The van der Waals surface area contributed by atoms with Crippen molar-refractivity contribution in [2.75, 3.05) is 18.4 Å². The van der Waals surface area contributed by atoms with Crippen LogP contribution in [0.4, 0.5) is 10.5 Å². The molecule has 21 heavy (non-hydrogen) atoms. The van der Waals surface area contributed by atoms with E-state index in [1.807, 2.05) is 0 Å². The number of carbonyl (C=O) groups is 2. The molecule has 1 aliphatic heterocycles. The summed E-state index contributed by atoms with van der Waals surface area (Å²) >= 11 is 0. The van der Waals surface area contributed by atoms with Crippen LogP contribution in [0.15, 0.2) is 18.2 Å². The summed E-state index contributed by atoms with van der Waals surface area (Å²) < 4.78 is 0. The third-order valence-electron chi connectivity index (χ3n) is 3.97. The van der Waals surface area contributed by atoms with E-state index in [0.29, 0.717) is 19.0 Å². The van der Waals surface area contributed by atoms with Crippen LogP contribution in [0.5, 0.6) is 5.75 Å². The maximum Gasteiger partial charge on any atom is 0.335 e. The molecular weight excluding hydrogens is 272 g/mol. The first-order valence-corrected chi connectivity index (χ1v) is 7.13. The zero-order chi connectivity index (χ0) is 15.4. The van der Waals surface area contributed by atoms with E-state index in [9.17, 15) is 14.7 Å². The first kappa shape index (κ1) is 15.2. The number of aromatic carboxylic acids is 1. The molecule has 0 spiro atoms. The van der Waals surface area contributed by atoms with E-state index in [-0.39, 0.29) is 23.0 Å². The van der Waals surface area contributed by atoms with Crippen LogP contribution in [0.2, 0.25) is 0 Å². The van der Waals surface area contributed by atoms with Crippen LogP contribution < -0.4 is 5.32 Å². The Balaban J connectivity index is 1.98. The van der Waals surface area contributed by atoms with Gasteiger partial charge in [-0.2, -0.15) is 0 Å². The lowest BCUT2D eigenvalue weighted by molar-refractivity contribution is 0.0696. The number of phenols is 1.